The highest BCUT2D eigenvalue weighted by atomic mass is 16.6. The van der Waals surface area contributed by atoms with Gasteiger partial charge in [-0.1, -0.05) is 6.07 Å². The molecule has 0 heterocycles. The van der Waals surface area contributed by atoms with E-state index in [9.17, 15) is 14.9 Å². The summed E-state index contributed by atoms with van der Waals surface area (Å²) in [6, 6.07) is 5.38. The summed E-state index contributed by atoms with van der Waals surface area (Å²) in [7, 11) is 0. The van der Waals surface area contributed by atoms with Gasteiger partial charge in [0.25, 0.3) is 0 Å². The normalized spacial score (nSPS) is 10.6. The summed E-state index contributed by atoms with van der Waals surface area (Å²) < 4.78 is 0. The topological polar surface area (TPSA) is 75.5 Å². The predicted octanol–water partition coefficient (Wildman–Crippen LogP) is 2.74. The standard InChI is InChI=1S/C14H19N3O3/c1-4-16(5-2)14-7-6-12(8-9-17(19)20)10-13(14)15-11(3)18/h6-10H,4-5H2,1-3H3,(H,15,18). The number of carbonyl (C=O) groups is 1. The first-order valence-corrected chi connectivity index (χ1v) is 6.46. The molecular weight excluding hydrogens is 258 g/mol. The van der Waals surface area contributed by atoms with Gasteiger partial charge in [-0.25, -0.2) is 0 Å². The lowest BCUT2D eigenvalue weighted by Gasteiger charge is -2.24. The van der Waals surface area contributed by atoms with Gasteiger partial charge in [-0.2, -0.15) is 0 Å². The van der Waals surface area contributed by atoms with Crippen LogP contribution in [0.25, 0.3) is 6.08 Å². The van der Waals surface area contributed by atoms with E-state index in [1.54, 1.807) is 12.1 Å². The lowest BCUT2D eigenvalue weighted by atomic mass is 10.1. The summed E-state index contributed by atoms with van der Waals surface area (Å²) in [4.78, 5) is 23.2. The fraction of sp³-hybridized carbons (Fsp3) is 0.357. The second-order valence-corrected chi connectivity index (χ2v) is 4.23. The van der Waals surface area contributed by atoms with E-state index in [1.807, 2.05) is 19.9 Å². The molecule has 0 bridgehead atoms. The van der Waals surface area contributed by atoms with Crippen LogP contribution in [0, 0.1) is 10.1 Å². The molecule has 0 atom stereocenters. The van der Waals surface area contributed by atoms with E-state index in [1.165, 1.54) is 13.0 Å². The van der Waals surface area contributed by atoms with Gasteiger partial charge < -0.3 is 10.2 Å². The van der Waals surface area contributed by atoms with Gasteiger partial charge in [0.1, 0.15) is 0 Å². The van der Waals surface area contributed by atoms with Crippen molar-refractivity contribution < 1.29 is 9.72 Å². The molecule has 1 aromatic carbocycles. The number of carbonyl (C=O) groups excluding carboxylic acids is 1. The number of benzene rings is 1. The van der Waals surface area contributed by atoms with Crippen LogP contribution in [-0.4, -0.2) is 23.9 Å². The molecule has 1 amide bonds. The fourth-order valence-corrected chi connectivity index (χ4v) is 1.93. The highest BCUT2D eigenvalue weighted by Gasteiger charge is 2.10. The summed E-state index contributed by atoms with van der Waals surface area (Å²) in [6.45, 7) is 7.12. The molecule has 20 heavy (non-hydrogen) atoms. The zero-order valence-corrected chi connectivity index (χ0v) is 11.9. The number of anilines is 2. The van der Waals surface area contributed by atoms with Crippen molar-refractivity contribution >= 4 is 23.4 Å². The van der Waals surface area contributed by atoms with Crippen molar-refractivity contribution in [2.45, 2.75) is 20.8 Å². The third-order valence-corrected chi connectivity index (χ3v) is 2.82. The predicted molar refractivity (Wildman–Crippen MR) is 80.3 cm³/mol. The molecule has 108 valence electrons. The summed E-state index contributed by atoms with van der Waals surface area (Å²) >= 11 is 0. The minimum Gasteiger partial charge on any atom is -0.370 e. The van der Waals surface area contributed by atoms with E-state index in [0.717, 1.165) is 25.0 Å². The maximum absolute atomic E-state index is 11.3. The first kappa shape index (κ1) is 15.7. The first-order valence-electron chi connectivity index (χ1n) is 6.46. The second kappa shape index (κ2) is 7.28. The van der Waals surface area contributed by atoms with Crippen molar-refractivity contribution in [2.75, 3.05) is 23.3 Å². The number of nitro groups is 1. The number of hydrogen-bond acceptors (Lipinski definition) is 4. The molecule has 0 aliphatic carbocycles. The molecule has 1 N–H and O–H groups in total. The number of nitrogens with one attached hydrogen (secondary N) is 1. The molecular formula is C14H19N3O3. The van der Waals surface area contributed by atoms with Crippen LogP contribution in [0.5, 0.6) is 0 Å². The van der Waals surface area contributed by atoms with Gasteiger partial charge in [-0.3, -0.25) is 14.9 Å². The molecule has 1 rings (SSSR count). The SMILES string of the molecule is CCN(CC)c1ccc(C=C[N+](=O)[O-])cc1NC(C)=O. The van der Waals surface area contributed by atoms with Crippen LogP contribution in [0.15, 0.2) is 24.4 Å². The smallest absolute Gasteiger partial charge is 0.235 e. The quantitative estimate of drug-likeness (QED) is 0.640. The number of rotatable bonds is 6. The summed E-state index contributed by atoms with van der Waals surface area (Å²) in [5.74, 6) is -0.172. The monoisotopic (exact) mass is 277 g/mol. The largest absolute Gasteiger partial charge is 0.370 e. The highest BCUT2D eigenvalue weighted by molar-refractivity contribution is 5.93. The van der Waals surface area contributed by atoms with Gasteiger partial charge in [0.05, 0.1) is 16.3 Å². The van der Waals surface area contributed by atoms with Crippen LogP contribution in [0.4, 0.5) is 11.4 Å². The summed E-state index contributed by atoms with van der Waals surface area (Å²) in [6.07, 6.45) is 2.28. The van der Waals surface area contributed by atoms with Crippen LogP contribution in [0.1, 0.15) is 26.3 Å². The Bertz CT molecular complexity index is 522. The van der Waals surface area contributed by atoms with Crippen LogP contribution < -0.4 is 10.2 Å². The minimum absolute atomic E-state index is 0.172. The Labute approximate surface area is 118 Å². The van der Waals surface area contributed by atoms with E-state index < -0.39 is 4.92 Å². The Hall–Kier alpha value is -2.37. The third-order valence-electron chi connectivity index (χ3n) is 2.82. The molecule has 0 aliphatic rings. The molecule has 0 saturated heterocycles. The van der Waals surface area contributed by atoms with Crippen molar-refractivity contribution in [1.82, 2.24) is 0 Å². The summed E-state index contributed by atoms with van der Waals surface area (Å²) in [5.41, 5.74) is 2.23. The molecule has 6 heteroatoms. The van der Waals surface area contributed by atoms with Gasteiger partial charge in [0.15, 0.2) is 0 Å². The Morgan fingerprint density at radius 2 is 2.05 bits per heavy atom. The van der Waals surface area contributed by atoms with Crippen molar-refractivity contribution in [3.8, 4) is 0 Å². The number of amides is 1. The van der Waals surface area contributed by atoms with Crippen LogP contribution in [0.3, 0.4) is 0 Å². The average Bonchev–Trinajstić information content (AvgIpc) is 2.39. The van der Waals surface area contributed by atoms with E-state index >= 15 is 0 Å². The zero-order valence-electron chi connectivity index (χ0n) is 11.9. The van der Waals surface area contributed by atoms with Crippen molar-refractivity contribution in [2.24, 2.45) is 0 Å². The molecule has 0 aromatic heterocycles. The van der Waals surface area contributed by atoms with Crippen molar-refractivity contribution in [3.05, 3.63) is 40.1 Å². The molecule has 0 spiro atoms. The van der Waals surface area contributed by atoms with Crippen molar-refractivity contribution in [3.63, 3.8) is 0 Å². The van der Waals surface area contributed by atoms with Gasteiger partial charge in [0, 0.05) is 26.1 Å². The third kappa shape index (κ3) is 4.38. The number of nitrogens with zero attached hydrogens (tertiary/aromatic N) is 2. The Kier molecular flexibility index (Phi) is 5.71. The molecule has 0 radical (unpaired) electrons. The molecule has 6 nitrogen and oxygen atoms in total. The molecule has 0 aliphatic heterocycles. The van der Waals surface area contributed by atoms with Crippen LogP contribution in [0.2, 0.25) is 0 Å². The number of hydrogen-bond donors (Lipinski definition) is 1. The zero-order chi connectivity index (χ0) is 15.1. The highest BCUT2D eigenvalue weighted by Crippen LogP contribution is 2.27. The first-order chi connectivity index (χ1) is 9.47. The fourth-order valence-electron chi connectivity index (χ4n) is 1.93. The maximum Gasteiger partial charge on any atom is 0.235 e. The van der Waals surface area contributed by atoms with Gasteiger partial charge in [-0.05, 0) is 31.5 Å². The van der Waals surface area contributed by atoms with Crippen LogP contribution >= 0.6 is 0 Å². The van der Waals surface area contributed by atoms with Gasteiger partial charge in [0.2, 0.25) is 12.1 Å². The second-order valence-electron chi connectivity index (χ2n) is 4.23. The molecule has 0 unspecified atom stereocenters. The van der Waals surface area contributed by atoms with E-state index in [0.29, 0.717) is 11.3 Å². The maximum atomic E-state index is 11.3. The van der Waals surface area contributed by atoms with Crippen molar-refractivity contribution in [1.29, 1.82) is 0 Å². The lowest BCUT2D eigenvalue weighted by molar-refractivity contribution is -0.400. The van der Waals surface area contributed by atoms with E-state index in [4.69, 9.17) is 0 Å². The van der Waals surface area contributed by atoms with Gasteiger partial charge >= 0.3 is 0 Å². The van der Waals surface area contributed by atoms with E-state index in [2.05, 4.69) is 10.2 Å². The summed E-state index contributed by atoms with van der Waals surface area (Å²) in [5, 5.41) is 13.1. The molecule has 0 fully saturated rings. The minimum atomic E-state index is -0.517. The van der Waals surface area contributed by atoms with Crippen LogP contribution in [-0.2, 0) is 4.79 Å². The average molecular weight is 277 g/mol. The van der Waals surface area contributed by atoms with E-state index in [-0.39, 0.29) is 5.91 Å². The molecule has 1 aromatic rings. The Morgan fingerprint density at radius 1 is 1.40 bits per heavy atom. The Balaban J connectivity index is 3.18. The van der Waals surface area contributed by atoms with Gasteiger partial charge in [-0.15, -0.1) is 0 Å². The Morgan fingerprint density at radius 3 is 2.55 bits per heavy atom. The molecule has 0 saturated carbocycles. The lowest BCUT2D eigenvalue weighted by Crippen LogP contribution is -2.23.